The monoisotopic (exact) mass is 448 g/mol. The molecule has 32 heavy (non-hydrogen) atoms. The van der Waals surface area contributed by atoms with E-state index in [2.05, 4.69) is 0 Å². The molecule has 4 aromatic rings. The summed E-state index contributed by atoms with van der Waals surface area (Å²) in [5.74, 6) is -0.233. The van der Waals surface area contributed by atoms with Crippen LogP contribution in [0.3, 0.4) is 0 Å². The van der Waals surface area contributed by atoms with Crippen LogP contribution in [0.25, 0.3) is 21.7 Å². The minimum absolute atomic E-state index is 0.0596. The van der Waals surface area contributed by atoms with Gasteiger partial charge in [-0.3, -0.25) is 9.59 Å². The minimum atomic E-state index is -0.900. The number of amides is 1. The number of carbonyl (C=O) groups is 2. The number of carboxylic acid groups (broad SMARTS) is 1. The maximum atomic E-state index is 13.6. The van der Waals surface area contributed by atoms with Crippen molar-refractivity contribution in [1.29, 1.82) is 0 Å². The fraction of sp³-hybridized carbons (Fsp3) is 0.200. The molecule has 162 valence electrons. The molecule has 7 heteroatoms. The number of methoxy groups -OCH3 is 1. The highest BCUT2D eigenvalue weighted by molar-refractivity contribution is 6.31. The summed E-state index contributed by atoms with van der Waals surface area (Å²) in [6.45, 7) is 0.790. The summed E-state index contributed by atoms with van der Waals surface area (Å²) in [7, 11) is 1.62. The molecule has 0 aliphatic carbocycles. The molecule has 0 bridgehead atoms. The van der Waals surface area contributed by atoms with Crippen LogP contribution in [0.15, 0.2) is 54.6 Å². The molecule has 0 saturated heterocycles. The molecule has 1 aromatic heterocycles. The van der Waals surface area contributed by atoms with E-state index >= 15 is 0 Å². The molecule has 3 aromatic carbocycles. The topological polar surface area (TPSA) is 71.8 Å². The first kappa shape index (κ1) is 20.4. The van der Waals surface area contributed by atoms with Crippen LogP contribution in [0.1, 0.15) is 21.6 Å². The van der Waals surface area contributed by atoms with Crippen LogP contribution in [0.4, 0.5) is 0 Å². The number of nitrogens with zero attached hydrogens (tertiary/aromatic N) is 2. The van der Waals surface area contributed by atoms with Gasteiger partial charge in [-0.15, -0.1) is 0 Å². The largest absolute Gasteiger partial charge is 0.496 e. The lowest BCUT2D eigenvalue weighted by Crippen LogP contribution is -2.36. The normalized spacial score (nSPS) is 13.4. The molecule has 1 aliphatic heterocycles. The summed E-state index contributed by atoms with van der Waals surface area (Å²) >= 11 is 6.25. The van der Waals surface area contributed by atoms with E-state index in [4.69, 9.17) is 16.3 Å². The zero-order valence-electron chi connectivity index (χ0n) is 17.5. The number of hydrogen-bond acceptors (Lipinski definition) is 3. The zero-order valence-corrected chi connectivity index (χ0v) is 18.2. The number of halogens is 1. The van der Waals surface area contributed by atoms with Gasteiger partial charge in [0.2, 0.25) is 0 Å². The predicted octanol–water partition coefficient (Wildman–Crippen LogP) is 4.74. The van der Waals surface area contributed by atoms with Crippen molar-refractivity contribution >= 4 is 45.2 Å². The fourth-order valence-electron chi connectivity index (χ4n) is 4.72. The van der Waals surface area contributed by atoms with E-state index in [1.54, 1.807) is 13.2 Å². The van der Waals surface area contributed by atoms with Crippen molar-refractivity contribution in [2.45, 2.75) is 19.5 Å². The van der Waals surface area contributed by atoms with Gasteiger partial charge in [0.15, 0.2) is 0 Å². The molecular formula is C25H21ClN2O4. The van der Waals surface area contributed by atoms with Gasteiger partial charge in [0, 0.05) is 57.6 Å². The number of rotatable bonds is 4. The number of benzene rings is 3. The number of carboxylic acids is 1. The molecule has 0 unspecified atom stereocenters. The van der Waals surface area contributed by atoms with Gasteiger partial charge in [-0.1, -0.05) is 35.9 Å². The molecule has 1 aliphatic rings. The average Bonchev–Trinajstić information content (AvgIpc) is 3.09. The molecule has 0 spiro atoms. The van der Waals surface area contributed by atoms with Crippen molar-refractivity contribution < 1.29 is 19.4 Å². The van der Waals surface area contributed by atoms with Crippen LogP contribution in [0, 0.1) is 0 Å². The SMILES string of the molecule is COc1ccc(C(=O)N2CCc3c(c4cc(Cl)ccc4n3CC(=O)O)C2)c2ccccc12. The zero-order chi connectivity index (χ0) is 22.4. The maximum absolute atomic E-state index is 13.6. The fourth-order valence-corrected chi connectivity index (χ4v) is 4.89. The highest BCUT2D eigenvalue weighted by Crippen LogP contribution is 2.34. The molecular weight excluding hydrogens is 428 g/mol. The van der Waals surface area contributed by atoms with Gasteiger partial charge in [0.1, 0.15) is 12.3 Å². The van der Waals surface area contributed by atoms with Crippen LogP contribution in [-0.4, -0.2) is 40.1 Å². The van der Waals surface area contributed by atoms with Crippen molar-refractivity contribution in [3.63, 3.8) is 0 Å². The Kier molecular flexibility index (Phi) is 5.02. The van der Waals surface area contributed by atoms with Crippen LogP contribution < -0.4 is 4.74 Å². The molecule has 0 radical (unpaired) electrons. The van der Waals surface area contributed by atoms with E-state index in [9.17, 15) is 14.7 Å². The second-order valence-corrected chi connectivity index (χ2v) is 8.34. The summed E-state index contributed by atoms with van der Waals surface area (Å²) < 4.78 is 7.29. The summed E-state index contributed by atoms with van der Waals surface area (Å²) in [4.78, 5) is 26.9. The molecule has 1 N–H and O–H groups in total. The highest BCUT2D eigenvalue weighted by atomic mass is 35.5. The Hall–Kier alpha value is -3.51. The lowest BCUT2D eigenvalue weighted by Gasteiger charge is -2.29. The minimum Gasteiger partial charge on any atom is -0.496 e. The first-order chi connectivity index (χ1) is 15.5. The van der Waals surface area contributed by atoms with E-state index in [0.717, 1.165) is 38.7 Å². The van der Waals surface area contributed by atoms with Crippen molar-refractivity contribution in [1.82, 2.24) is 9.47 Å². The number of aromatic nitrogens is 1. The maximum Gasteiger partial charge on any atom is 0.323 e. The van der Waals surface area contributed by atoms with Crippen molar-refractivity contribution in [3.8, 4) is 5.75 Å². The molecule has 5 rings (SSSR count). The second-order valence-electron chi connectivity index (χ2n) is 7.90. The number of carbonyl (C=O) groups excluding carboxylic acids is 1. The molecule has 0 atom stereocenters. The lowest BCUT2D eigenvalue weighted by molar-refractivity contribution is -0.137. The van der Waals surface area contributed by atoms with Crippen molar-refractivity contribution in [2.24, 2.45) is 0 Å². The third-order valence-electron chi connectivity index (χ3n) is 6.13. The van der Waals surface area contributed by atoms with E-state index in [1.165, 1.54) is 0 Å². The van der Waals surface area contributed by atoms with E-state index < -0.39 is 5.97 Å². The first-order valence-corrected chi connectivity index (χ1v) is 10.7. The Morgan fingerprint density at radius 1 is 1.06 bits per heavy atom. The average molecular weight is 449 g/mol. The van der Waals surface area contributed by atoms with Gasteiger partial charge >= 0.3 is 5.97 Å². The Morgan fingerprint density at radius 2 is 1.84 bits per heavy atom. The molecule has 1 amide bonds. The summed E-state index contributed by atoms with van der Waals surface area (Å²) in [6.07, 6.45) is 0.578. The highest BCUT2D eigenvalue weighted by Gasteiger charge is 2.28. The number of ether oxygens (including phenoxy) is 1. The van der Waals surface area contributed by atoms with Crippen LogP contribution in [0.5, 0.6) is 5.75 Å². The molecule has 0 saturated carbocycles. The summed E-state index contributed by atoms with van der Waals surface area (Å²) in [5.41, 5.74) is 3.36. The smallest absolute Gasteiger partial charge is 0.323 e. The van der Waals surface area contributed by atoms with E-state index in [-0.39, 0.29) is 12.5 Å². The molecule has 6 nitrogen and oxygen atoms in total. The predicted molar refractivity (Wildman–Crippen MR) is 124 cm³/mol. The number of aliphatic carboxylic acids is 1. The van der Waals surface area contributed by atoms with Gasteiger partial charge in [0.25, 0.3) is 5.91 Å². The van der Waals surface area contributed by atoms with E-state index in [0.29, 0.717) is 30.1 Å². The first-order valence-electron chi connectivity index (χ1n) is 10.3. The van der Waals surface area contributed by atoms with Gasteiger partial charge in [0.05, 0.1) is 7.11 Å². The second kappa shape index (κ2) is 7.88. The third kappa shape index (κ3) is 3.28. The Labute approximate surface area is 189 Å². The molecule has 2 heterocycles. The Balaban J connectivity index is 1.57. The van der Waals surface area contributed by atoms with Gasteiger partial charge < -0.3 is 19.3 Å². The number of fused-ring (bicyclic) bond motifs is 4. The van der Waals surface area contributed by atoms with Crippen LogP contribution in [0.2, 0.25) is 5.02 Å². The van der Waals surface area contributed by atoms with Crippen molar-refractivity contribution in [2.75, 3.05) is 13.7 Å². The van der Waals surface area contributed by atoms with Crippen LogP contribution in [-0.2, 0) is 24.3 Å². The molecule has 0 fully saturated rings. The number of hydrogen-bond donors (Lipinski definition) is 1. The van der Waals surface area contributed by atoms with Crippen molar-refractivity contribution in [3.05, 3.63) is 76.4 Å². The van der Waals surface area contributed by atoms with Crippen LogP contribution >= 0.6 is 11.6 Å². The van der Waals surface area contributed by atoms with Gasteiger partial charge in [-0.2, -0.15) is 0 Å². The van der Waals surface area contributed by atoms with E-state index in [1.807, 2.05) is 58.0 Å². The Morgan fingerprint density at radius 3 is 2.59 bits per heavy atom. The van der Waals surface area contributed by atoms with Gasteiger partial charge in [-0.25, -0.2) is 0 Å². The third-order valence-corrected chi connectivity index (χ3v) is 6.37. The standard InChI is InChI=1S/C25H21ClN2O4/c1-32-23-9-7-18(16-4-2-3-5-17(16)23)25(31)27-11-10-22-20(13-27)19-12-15(26)6-8-21(19)28(22)14-24(29)30/h2-9,12H,10-11,13-14H2,1H3,(H,29,30). The van der Waals surface area contributed by atoms with Gasteiger partial charge in [-0.05, 0) is 35.7 Å². The Bertz CT molecular complexity index is 1390. The summed E-state index contributed by atoms with van der Waals surface area (Å²) in [5, 5.41) is 12.6. The lowest BCUT2D eigenvalue weighted by atomic mass is 10.00. The quantitative estimate of drug-likeness (QED) is 0.489. The summed E-state index contributed by atoms with van der Waals surface area (Å²) in [6, 6.07) is 16.8.